The van der Waals surface area contributed by atoms with Crippen LogP contribution in [0.1, 0.15) is 6.92 Å². The maximum absolute atomic E-state index is 12.5. The molecule has 0 fully saturated rings. The molecule has 2 aromatic rings. The van der Waals surface area contributed by atoms with E-state index >= 15 is 0 Å². The number of nitrogens with one attached hydrogen (secondary N) is 2. The summed E-state index contributed by atoms with van der Waals surface area (Å²) in [6, 6.07) is 14.0. The van der Waals surface area contributed by atoms with Gasteiger partial charge in [-0.05, 0) is 55.5 Å². The van der Waals surface area contributed by atoms with E-state index in [0.717, 1.165) is 0 Å². The van der Waals surface area contributed by atoms with E-state index in [1.165, 1.54) is 37.6 Å². The fourth-order valence-electron chi connectivity index (χ4n) is 2.10. The fraction of sp³-hybridized carbons (Fsp3) is 0.158. The highest BCUT2D eigenvalue weighted by Crippen LogP contribution is 2.20. The highest BCUT2D eigenvalue weighted by atomic mass is 32.2. The Morgan fingerprint density at radius 1 is 1.11 bits per heavy atom. The topological polar surface area (TPSA) is 118 Å². The van der Waals surface area contributed by atoms with E-state index in [1.807, 2.05) is 0 Å². The van der Waals surface area contributed by atoms with Crippen molar-refractivity contribution in [2.75, 3.05) is 23.8 Å². The molecule has 146 valence electrons. The van der Waals surface area contributed by atoms with Crippen LogP contribution in [0.15, 0.2) is 65.2 Å². The number of benzene rings is 2. The Kier molecular flexibility index (Phi) is 7.01. The molecule has 8 nitrogen and oxygen atoms in total. The van der Waals surface area contributed by atoms with E-state index in [4.69, 9.17) is 14.7 Å². The van der Waals surface area contributed by atoms with Crippen molar-refractivity contribution < 1.29 is 22.7 Å². The van der Waals surface area contributed by atoms with Crippen molar-refractivity contribution in [3.05, 3.63) is 60.3 Å². The van der Waals surface area contributed by atoms with Gasteiger partial charge in [0, 0.05) is 17.6 Å². The van der Waals surface area contributed by atoms with Crippen LogP contribution in [0.3, 0.4) is 0 Å². The van der Waals surface area contributed by atoms with Gasteiger partial charge in [-0.1, -0.05) is 0 Å². The van der Waals surface area contributed by atoms with Crippen LogP contribution in [0.5, 0.6) is 5.75 Å². The van der Waals surface area contributed by atoms with Gasteiger partial charge in [-0.3, -0.25) is 4.72 Å². The van der Waals surface area contributed by atoms with Gasteiger partial charge in [-0.15, -0.1) is 0 Å². The fourth-order valence-corrected chi connectivity index (χ4v) is 3.16. The van der Waals surface area contributed by atoms with Crippen LogP contribution in [0.25, 0.3) is 0 Å². The Morgan fingerprint density at radius 2 is 1.71 bits per heavy atom. The Hall–Kier alpha value is -3.51. The summed E-state index contributed by atoms with van der Waals surface area (Å²) in [7, 11) is -2.24. The third kappa shape index (κ3) is 5.49. The monoisotopic (exact) mass is 401 g/mol. The zero-order chi connectivity index (χ0) is 20.6. The molecule has 0 aliphatic carbocycles. The summed E-state index contributed by atoms with van der Waals surface area (Å²) in [6.07, 6.45) is 1.21. The molecule has 0 saturated heterocycles. The third-order valence-corrected chi connectivity index (χ3v) is 4.90. The second-order valence-corrected chi connectivity index (χ2v) is 7.08. The maximum atomic E-state index is 12.5. The van der Waals surface area contributed by atoms with Gasteiger partial charge in [0.05, 0.1) is 18.6 Å². The number of anilines is 2. The lowest BCUT2D eigenvalue weighted by Crippen LogP contribution is -2.12. The molecule has 0 radical (unpaired) electrons. The molecule has 2 rings (SSSR count). The summed E-state index contributed by atoms with van der Waals surface area (Å²) in [6.45, 7) is 1.80. The molecule has 0 saturated carbocycles. The van der Waals surface area contributed by atoms with Crippen molar-refractivity contribution in [2.45, 2.75) is 11.8 Å². The van der Waals surface area contributed by atoms with Gasteiger partial charge in [-0.25, -0.2) is 13.2 Å². The lowest BCUT2D eigenvalue weighted by atomic mass is 10.3. The minimum Gasteiger partial charge on any atom is -0.497 e. The largest absolute Gasteiger partial charge is 0.497 e. The minimum absolute atomic E-state index is 0.0590. The van der Waals surface area contributed by atoms with Gasteiger partial charge in [0.1, 0.15) is 11.8 Å². The second kappa shape index (κ2) is 9.43. The number of methoxy groups -OCH3 is 1. The maximum Gasteiger partial charge on any atom is 0.350 e. The Balaban J connectivity index is 2.10. The van der Waals surface area contributed by atoms with Crippen LogP contribution in [0, 0.1) is 11.3 Å². The van der Waals surface area contributed by atoms with Crippen molar-refractivity contribution >= 4 is 27.4 Å². The minimum atomic E-state index is -3.77. The summed E-state index contributed by atoms with van der Waals surface area (Å²) < 4.78 is 37.2. The Morgan fingerprint density at radius 3 is 2.25 bits per heavy atom. The second-order valence-electron chi connectivity index (χ2n) is 5.39. The molecular formula is C19H19N3O5S. The van der Waals surface area contributed by atoms with Crippen molar-refractivity contribution in [3.8, 4) is 11.8 Å². The van der Waals surface area contributed by atoms with Crippen LogP contribution in [-0.2, 0) is 19.6 Å². The van der Waals surface area contributed by atoms with Gasteiger partial charge in [0.2, 0.25) is 0 Å². The number of carbonyl (C=O) groups excluding carboxylic acids is 1. The molecule has 9 heteroatoms. The zero-order valence-electron chi connectivity index (χ0n) is 15.3. The van der Waals surface area contributed by atoms with Crippen LogP contribution in [0.2, 0.25) is 0 Å². The van der Waals surface area contributed by atoms with Gasteiger partial charge < -0.3 is 14.8 Å². The number of rotatable bonds is 8. The predicted molar refractivity (Wildman–Crippen MR) is 104 cm³/mol. The Labute approximate surface area is 163 Å². The first-order chi connectivity index (χ1) is 13.4. The number of carbonyl (C=O) groups is 1. The summed E-state index contributed by atoms with van der Waals surface area (Å²) in [5.74, 6) is -0.119. The molecule has 0 aliphatic rings. The molecular weight excluding hydrogens is 382 g/mol. The molecule has 0 bridgehead atoms. The number of hydrogen-bond acceptors (Lipinski definition) is 7. The molecule has 0 spiro atoms. The molecule has 0 aliphatic heterocycles. The molecule has 0 amide bonds. The number of esters is 1. The number of nitriles is 1. The van der Waals surface area contributed by atoms with Gasteiger partial charge >= 0.3 is 5.97 Å². The number of sulfonamides is 1. The van der Waals surface area contributed by atoms with E-state index in [-0.39, 0.29) is 17.1 Å². The highest BCUT2D eigenvalue weighted by Gasteiger charge is 2.14. The number of nitrogens with zero attached hydrogens (tertiary/aromatic N) is 1. The van der Waals surface area contributed by atoms with Gasteiger partial charge in [0.25, 0.3) is 10.0 Å². The first-order valence-corrected chi connectivity index (χ1v) is 9.68. The molecule has 2 N–H and O–H groups in total. The average Bonchev–Trinajstić information content (AvgIpc) is 2.69. The van der Waals surface area contributed by atoms with Crippen LogP contribution in [-0.4, -0.2) is 28.1 Å². The summed E-state index contributed by atoms with van der Waals surface area (Å²) in [5, 5.41) is 11.7. The van der Waals surface area contributed by atoms with E-state index in [9.17, 15) is 13.2 Å². The van der Waals surface area contributed by atoms with Gasteiger partial charge in [-0.2, -0.15) is 5.26 Å². The van der Waals surface area contributed by atoms with Crippen LogP contribution < -0.4 is 14.8 Å². The first kappa shape index (κ1) is 20.8. The lowest BCUT2D eigenvalue weighted by molar-refractivity contribution is -0.138. The van der Waals surface area contributed by atoms with E-state index in [1.54, 1.807) is 37.3 Å². The predicted octanol–water partition coefficient (Wildman–Crippen LogP) is 2.88. The van der Waals surface area contributed by atoms with Crippen LogP contribution >= 0.6 is 0 Å². The Bertz CT molecular complexity index is 991. The highest BCUT2D eigenvalue weighted by molar-refractivity contribution is 7.92. The summed E-state index contributed by atoms with van der Waals surface area (Å²) in [5.41, 5.74) is 0.708. The molecule has 0 unspecified atom stereocenters. The lowest BCUT2D eigenvalue weighted by Gasteiger charge is -2.09. The molecule has 0 aromatic heterocycles. The third-order valence-electron chi connectivity index (χ3n) is 3.51. The molecule has 28 heavy (non-hydrogen) atoms. The SMILES string of the molecule is CCOC(=O)/C(C#N)=C/Nc1ccc(S(=O)(=O)Nc2ccc(OC)cc2)cc1. The standard InChI is InChI=1S/C19H19N3O5S/c1-3-27-19(23)14(12-20)13-21-15-6-10-18(11-7-15)28(24,25)22-16-4-8-17(26-2)9-5-16/h4-11,13,21-22H,3H2,1-2H3/b14-13+. The zero-order valence-corrected chi connectivity index (χ0v) is 16.1. The normalized spacial score (nSPS) is 11.2. The van der Waals surface area contributed by atoms with E-state index in [0.29, 0.717) is 17.1 Å². The van der Waals surface area contributed by atoms with E-state index in [2.05, 4.69) is 10.0 Å². The molecule has 0 heterocycles. The molecule has 0 atom stereocenters. The first-order valence-electron chi connectivity index (χ1n) is 8.20. The summed E-state index contributed by atoms with van der Waals surface area (Å²) in [4.78, 5) is 11.6. The van der Waals surface area contributed by atoms with Crippen molar-refractivity contribution in [1.82, 2.24) is 0 Å². The molecule has 2 aromatic carbocycles. The smallest absolute Gasteiger partial charge is 0.350 e. The van der Waals surface area contributed by atoms with E-state index < -0.39 is 16.0 Å². The number of ether oxygens (including phenoxy) is 2. The number of hydrogen-bond donors (Lipinski definition) is 2. The van der Waals surface area contributed by atoms with Gasteiger partial charge in [0.15, 0.2) is 5.57 Å². The van der Waals surface area contributed by atoms with Crippen molar-refractivity contribution in [3.63, 3.8) is 0 Å². The van der Waals surface area contributed by atoms with Crippen molar-refractivity contribution in [1.29, 1.82) is 5.26 Å². The average molecular weight is 401 g/mol. The quantitative estimate of drug-likeness (QED) is 0.397. The van der Waals surface area contributed by atoms with Crippen molar-refractivity contribution in [2.24, 2.45) is 0 Å². The summed E-state index contributed by atoms with van der Waals surface area (Å²) >= 11 is 0. The van der Waals surface area contributed by atoms with Crippen LogP contribution in [0.4, 0.5) is 11.4 Å².